The maximum atomic E-state index is 11.9. The van der Waals surface area contributed by atoms with E-state index in [1.54, 1.807) is 13.0 Å². The number of aryl methyl sites for hydroxylation is 1. The van der Waals surface area contributed by atoms with Gasteiger partial charge in [-0.3, -0.25) is 4.79 Å². The molecular weight excluding hydrogens is 232 g/mol. The van der Waals surface area contributed by atoms with E-state index >= 15 is 0 Å². The first-order chi connectivity index (χ1) is 8.48. The molecule has 0 aliphatic carbocycles. The smallest absolute Gasteiger partial charge is 0.270 e. The van der Waals surface area contributed by atoms with E-state index in [1.807, 2.05) is 6.92 Å². The number of ether oxygens (including phenoxy) is 1. The summed E-state index contributed by atoms with van der Waals surface area (Å²) in [5.74, 6) is -0.132. The zero-order valence-electron chi connectivity index (χ0n) is 10.7. The topological polar surface area (TPSA) is 90.1 Å². The lowest BCUT2D eigenvalue weighted by molar-refractivity contribution is 0.0205. The maximum Gasteiger partial charge on any atom is 0.270 e. The number of amides is 1. The van der Waals surface area contributed by atoms with Crippen molar-refractivity contribution in [3.63, 3.8) is 0 Å². The van der Waals surface area contributed by atoms with Crippen LogP contribution in [0.25, 0.3) is 0 Å². The third-order valence-corrected chi connectivity index (χ3v) is 3.03. The summed E-state index contributed by atoms with van der Waals surface area (Å²) in [4.78, 5) is 19.8. The van der Waals surface area contributed by atoms with E-state index in [9.17, 15) is 4.79 Å². The number of hydrogen-bond donors (Lipinski definition) is 2. The molecule has 1 unspecified atom stereocenters. The van der Waals surface area contributed by atoms with Gasteiger partial charge < -0.3 is 15.8 Å². The van der Waals surface area contributed by atoms with Crippen molar-refractivity contribution >= 4 is 11.9 Å². The fourth-order valence-corrected chi connectivity index (χ4v) is 2.04. The summed E-state index contributed by atoms with van der Waals surface area (Å²) in [7, 11) is 0. The molecule has 2 rings (SSSR count). The van der Waals surface area contributed by atoms with Crippen molar-refractivity contribution in [1.82, 2.24) is 15.3 Å². The van der Waals surface area contributed by atoms with E-state index in [0.717, 1.165) is 19.4 Å². The number of nitrogens with zero attached hydrogens (tertiary/aromatic N) is 2. The largest absolute Gasteiger partial charge is 0.373 e. The van der Waals surface area contributed by atoms with Crippen LogP contribution in [0.4, 0.5) is 5.95 Å². The average molecular weight is 250 g/mol. The highest BCUT2D eigenvalue weighted by atomic mass is 16.5. The second-order valence-corrected chi connectivity index (χ2v) is 4.84. The second-order valence-electron chi connectivity index (χ2n) is 4.84. The van der Waals surface area contributed by atoms with Gasteiger partial charge in [-0.2, -0.15) is 0 Å². The lowest BCUT2D eigenvalue weighted by Crippen LogP contribution is -2.40. The molecule has 3 N–H and O–H groups in total. The monoisotopic (exact) mass is 250 g/mol. The van der Waals surface area contributed by atoms with Crippen LogP contribution in [0.3, 0.4) is 0 Å². The van der Waals surface area contributed by atoms with Crippen molar-refractivity contribution in [3.8, 4) is 0 Å². The molecule has 1 aliphatic rings. The average Bonchev–Trinajstić information content (AvgIpc) is 2.72. The van der Waals surface area contributed by atoms with Crippen LogP contribution in [-0.2, 0) is 4.74 Å². The maximum absolute atomic E-state index is 11.9. The molecule has 0 aromatic carbocycles. The Bertz CT molecular complexity index is 435. The number of nitrogen functional groups attached to an aromatic ring is 1. The molecule has 1 atom stereocenters. The molecule has 0 radical (unpaired) electrons. The number of carbonyl (C=O) groups excluding carboxylic acids is 1. The summed E-state index contributed by atoms with van der Waals surface area (Å²) in [6.07, 6.45) is 1.99. The highest BCUT2D eigenvalue weighted by Gasteiger charge is 2.30. The molecule has 2 heterocycles. The minimum Gasteiger partial charge on any atom is -0.373 e. The summed E-state index contributed by atoms with van der Waals surface area (Å²) in [6, 6.07) is 1.61. The summed E-state index contributed by atoms with van der Waals surface area (Å²) >= 11 is 0. The number of aromatic nitrogens is 2. The van der Waals surface area contributed by atoms with Crippen molar-refractivity contribution in [2.75, 3.05) is 18.9 Å². The summed E-state index contributed by atoms with van der Waals surface area (Å²) in [5, 5.41) is 2.83. The molecule has 0 spiro atoms. The van der Waals surface area contributed by atoms with Gasteiger partial charge >= 0.3 is 0 Å². The summed E-state index contributed by atoms with van der Waals surface area (Å²) in [5.41, 5.74) is 6.22. The minimum atomic E-state index is -0.261. The van der Waals surface area contributed by atoms with Crippen molar-refractivity contribution < 1.29 is 9.53 Å². The lowest BCUT2D eigenvalue weighted by atomic mass is 10.0. The van der Waals surface area contributed by atoms with Crippen LogP contribution in [-0.4, -0.2) is 34.6 Å². The van der Waals surface area contributed by atoms with Crippen LogP contribution < -0.4 is 11.1 Å². The van der Waals surface area contributed by atoms with E-state index in [4.69, 9.17) is 10.5 Å². The third kappa shape index (κ3) is 2.95. The van der Waals surface area contributed by atoms with Gasteiger partial charge in [-0.15, -0.1) is 0 Å². The first kappa shape index (κ1) is 12.8. The van der Waals surface area contributed by atoms with Gasteiger partial charge in [0.2, 0.25) is 5.95 Å². The molecule has 1 fully saturated rings. The Kier molecular flexibility index (Phi) is 3.47. The molecule has 1 aliphatic heterocycles. The number of anilines is 1. The molecule has 0 bridgehead atoms. The Labute approximate surface area is 106 Å². The number of carbonyl (C=O) groups is 1. The Morgan fingerprint density at radius 3 is 3.00 bits per heavy atom. The highest BCUT2D eigenvalue weighted by molar-refractivity contribution is 5.92. The molecule has 1 aromatic heterocycles. The molecule has 98 valence electrons. The Morgan fingerprint density at radius 1 is 1.61 bits per heavy atom. The lowest BCUT2D eigenvalue weighted by Gasteiger charge is -2.23. The van der Waals surface area contributed by atoms with Crippen molar-refractivity contribution in [3.05, 3.63) is 17.5 Å². The van der Waals surface area contributed by atoms with Crippen molar-refractivity contribution in [2.24, 2.45) is 0 Å². The molecule has 1 saturated heterocycles. The predicted molar refractivity (Wildman–Crippen MR) is 67.1 cm³/mol. The minimum absolute atomic E-state index is 0.114. The fraction of sp³-hybridized carbons (Fsp3) is 0.583. The predicted octanol–water partition coefficient (Wildman–Crippen LogP) is 0.666. The van der Waals surface area contributed by atoms with Gasteiger partial charge in [0.05, 0.1) is 5.60 Å². The van der Waals surface area contributed by atoms with Crippen LogP contribution in [0.15, 0.2) is 6.07 Å². The van der Waals surface area contributed by atoms with Gasteiger partial charge in [0.25, 0.3) is 5.91 Å². The third-order valence-electron chi connectivity index (χ3n) is 3.03. The zero-order valence-corrected chi connectivity index (χ0v) is 10.7. The normalized spacial score (nSPS) is 23.0. The summed E-state index contributed by atoms with van der Waals surface area (Å²) in [6.45, 7) is 5.01. The molecule has 0 saturated carbocycles. The Balaban J connectivity index is 1.99. The number of rotatable bonds is 3. The highest BCUT2D eigenvalue weighted by Crippen LogP contribution is 2.23. The van der Waals surface area contributed by atoms with Crippen LogP contribution >= 0.6 is 0 Å². The molecule has 18 heavy (non-hydrogen) atoms. The molecule has 1 amide bonds. The van der Waals surface area contributed by atoms with Gasteiger partial charge in [0.1, 0.15) is 5.69 Å². The molecule has 1 aromatic rings. The van der Waals surface area contributed by atoms with Crippen molar-refractivity contribution in [2.45, 2.75) is 32.3 Å². The quantitative estimate of drug-likeness (QED) is 0.822. The van der Waals surface area contributed by atoms with Gasteiger partial charge in [-0.05, 0) is 32.8 Å². The first-order valence-corrected chi connectivity index (χ1v) is 6.02. The van der Waals surface area contributed by atoms with E-state index in [2.05, 4.69) is 15.3 Å². The van der Waals surface area contributed by atoms with E-state index in [0.29, 0.717) is 17.9 Å². The van der Waals surface area contributed by atoms with E-state index < -0.39 is 0 Å². The van der Waals surface area contributed by atoms with Gasteiger partial charge in [0.15, 0.2) is 0 Å². The standard InChI is InChI=1S/C12H18N4O2/c1-8-6-9(16-11(13)15-8)10(17)14-7-12(2)4-3-5-18-12/h6H,3-5,7H2,1-2H3,(H,14,17)(H2,13,15,16). The van der Waals surface area contributed by atoms with Gasteiger partial charge in [-0.1, -0.05) is 0 Å². The van der Waals surface area contributed by atoms with Crippen LogP contribution in [0, 0.1) is 6.92 Å². The van der Waals surface area contributed by atoms with Crippen LogP contribution in [0.1, 0.15) is 35.9 Å². The van der Waals surface area contributed by atoms with Crippen molar-refractivity contribution in [1.29, 1.82) is 0 Å². The summed E-state index contributed by atoms with van der Waals surface area (Å²) < 4.78 is 5.60. The fourth-order valence-electron chi connectivity index (χ4n) is 2.04. The number of hydrogen-bond acceptors (Lipinski definition) is 5. The van der Waals surface area contributed by atoms with E-state index in [1.165, 1.54) is 0 Å². The van der Waals surface area contributed by atoms with Gasteiger partial charge in [-0.25, -0.2) is 9.97 Å². The molecular formula is C12H18N4O2. The Hall–Kier alpha value is -1.69. The second kappa shape index (κ2) is 4.89. The SMILES string of the molecule is Cc1cc(C(=O)NCC2(C)CCCO2)nc(N)n1. The van der Waals surface area contributed by atoms with Crippen LogP contribution in [0.5, 0.6) is 0 Å². The molecule has 6 heteroatoms. The van der Waals surface area contributed by atoms with E-state index in [-0.39, 0.29) is 17.5 Å². The number of nitrogens with one attached hydrogen (secondary N) is 1. The zero-order chi connectivity index (χ0) is 13.2. The number of nitrogens with two attached hydrogens (primary N) is 1. The van der Waals surface area contributed by atoms with Gasteiger partial charge in [0, 0.05) is 18.8 Å². The molecule has 6 nitrogen and oxygen atoms in total. The first-order valence-electron chi connectivity index (χ1n) is 6.02. The Morgan fingerprint density at radius 2 is 2.39 bits per heavy atom. The van der Waals surface area contributed by atoms with Crippen LogP contribution in [0.2, 0.25) is 0 Å².